The topological polar surface area (TPSA) is 108 Å². The number of hydrogen-bond donors (Lipinski definition) is 4. The summed E-state index contributed by atoms with van der Waals surface area (Å²) in [7, 11) is 0. The van der Waals surface area contributed by atoms with E-state index >= 15 is 0 Å². The minimum Gasteiger partial charge on any atom is -0.462 e. The van der Waals surface area contributed by atoms with E-state index in [1.54, 1.807) is 12.3 Å². The number of ether oxygens (including phenoxy) is 2. The lowest BCUT2D eigenvalue weighted by Gasteiger charge is -2.17. The Morgan fingerprint density at radius 1 is 1.07 bits per heavy atom. The third kappa shape index (κ3) is 2.70. The first-order valence-corrected chi connectivity index (χ1v) is 9.57. The van der Waals surface area contributed by atoms with Crippen LogP contribution < -0.4 is 4.74 Å². The fourth-order valence-corrected chi connectivity index (χ4v) is 4.30. The number of pyridine rings is 1. The van der Waals surface area contributed by atoms with E-state index in [-0.39, 0.29) is 6.61 Å². The van der Waals surface area contributed by atoms with Crippen LogP contribution in [0.1, 0.15) is 11.1 Å². The van der Waals surface area contributed by atoms with Gasteiger partial charge in [0.25, 0.3) is 0 Å². The summed E-state index contributed by atoms with van der Waals surface area (Å²) >= 11 is 0. The Morgan fingerprint density at radius 3 is 2.66 bits per heavy atom. The van der Waals surface area contributed by atoms with Crippen LogP contribution in [0.5, 0.6) is 5.75 Å². The van der Waals surface area contributed by atoms with Crippen molar-refractivity contribution in [1.29, 1.82) is 0 Å². The molecule has 150 valence electrons. The van der Waals surface area contributed by atoms with Crippen molar-refractivity contribution in [3.63, 3.8) is 0 Å². The molecule has 1 aliphatic heterocycles. The Kier molecular flexibility index (Phi) is 4.22. The predicted molar refractivity (Wildman–Crippen MR) is 109 cm³/mol. The van der Waals surface area contributed by atoms with E-state index in [4.69, 9.17) is 9.47 Å². The third-order valence-corrected chi connectivity index (χ3v) is 5.90. The first-order valence-electron chi connectivity index (χ1n) is 9.57. The highest BCUT2D eigenvalue weighted by Gasteiger charge is 2.43. The smallest absolute Gasteiger partial charge is 0.229 e. The van der Waals surface area contributed by atoms with Crippen LogP contribution >= 0.6 is 0 Å². The van der Waals surface area contributed by atoms with Gasteiger partial charge in [0.2, 0.25) is 6.29 Å². The zero-order chi connectivity index (χ0) is 20.3. The molecule has 2 aromatic carbocycles. The van der Waals surface area contributed by atoms with Gasteiger partial charge in [-0.05, 0) is 54.6 Å². The number of aliphatic hydroxyl groups is 3. The second kappa shape index (κ2) is 6.67. The maximum Gasteiger partial charge on any atom is 0.229 e. The van der Waals surface area contributed by atoms with Gasteiger partial charge in [-0.15, -0.1) is 0 Å². The van der Waals surface area contributed by atoms with E-state index in [1.807, 2.05) is 24.4 Å². The van der Waals surface area contributed by atoms with Crippen molar-refractivity contribution < 1.29 is 24.8 Å². The van der Waals surface area contributed by atoms with Crippen molar-refractivity contribution in [2.45, 2.75) is 38.4 Å². The molecule has 29 heavy (non-hydrogen) atoms. The molecule has 5 rings (SSSR count). The predicted octanol–water partition coefficient (Wildman–Crippen LogP) is 2.30. The molecule has 0 bridgehead atoms. The van der Waals surface area contributed by atoms with E-state index in [0.29, 0.717) is 5.75 Å². The molecule has 0 saturated carbocycles. The molecule has 4 N–H and O–H groups in total. The lowest BCUT2D eigenvalue weighted by Crippen LogP contribution is -2.35. The molecule has 4 atom stereocenters. The number of nitrogens with one attached hydrogen (secondary N) is 1. The molecule has 0 radical (unpaired) electrons. The Morgan fingerprint density at radius 2 is 1.90 bits per heavy atom. The highest BCUT2D eigenvalue weighted by atomic mass is 16.7. The van der Waals surface area contributed by atoms with Gasteiger partial charge in [-0.2, -0.15) is 0 Å². The summed E-state index contributed by atoms with van der Waals surface area (Å²) < 4.78 is 11.2. The zero-order valence-corrected chi connectivity index (χ0v) is 16.1. The molecule has 2 aromatic heterocycles. The molecule has 0 unspecified atom stereocenters. The number of rotatable bonds is 3. The number of benzene rings is 2. The van der Waals surface area contributed by atoms with Crippen molar-refractivity contribution in [2.75, 3.05) is 6.61 Å². The highest BCUT2D eigenvalue weighted by molar-refractivity contribution is 6.16. The molecule has 7 heteroatoms. The molecule has 1 fully saturated rings. The van der Waals surface area contributed by atoms with Crippen LogP contribution in [-0.4, -0.2) is 56.5 Å². The molecule has 1 saturated heterocycles. The van der Waals surface area contributed by atoms with Crippen LogP contribution in [0.25, 0.3) is 32.6 Å². The van der Waals surface area contributed by atoms with E-state index in [2.05, 4.69) is 23.8 Å². The van der Waals surface area contributed by atoms with Crippen LogP contribution in [0.15, 0.2) is 36.7 Å². The van der Waals surface area contributed by atoms with Crippen LogP contribution in [0.3, 0.4) is 0 Å². The van der Waals surface area contributed by atoms with Gasteiger partial charge < -0.3 is 29.8 Å². The minimum atomic E-state index is -1.23. The lowest BCUT2D eigenvalue weighted by molar-refractivity contribution is -0.116. The minimum absolute atomic E-state index is 0.390. The molecule has 1 aliphatic rings. The van der Waals surface area contributed by atoms with E-state index in [1.165, 1.54) is 5.39 Å². The summed E-state index contributed by atoms with van der Waals surface area (Å²) in [4.78, 5) is 7.78. The monoisotopic (exact) mass is 394 g/mol. The molecular formula is C22H22N2O5. The average molecular weight is 394 g/mol. The SMILES string of the molecule is Cc1c2ccncc2c(C)c2c1[nH]c1ccc(O[C@@H]3O[C@H](CO)[C@H](O)[C@H]3O)cc12. The van der Waals surface area contributed by atoms with E-state index in [9.17, 15) is 15.3 Å². The number of aliphatic hydroxyl groups excluding tert-OH is 3. The van der Waals surface area contributed by atoms with Gasteiger partial charge in [0.15, 0.2) is 0 Å². The van der Waals surface area contributed by atoms with Crippen LogP contribution in [-0.2, 0) is 4.74 Å². The second-order valence-corrected chi connectivity index (χ2v) is 7.58. The van der Waals surface area contributed by atoms with Gasteiger partial charge in [-0.1, -0.05) is 0 Å². The number of aromatic amines is 1. The Bertz CT molecular complexity index is 1230. The first-order chi connectivity index (χ1) is 14.0. The maximum absolute atomic E-state index is 10.1. The molecule has 4 aromatic rings. The standard InChI is InChI=1S/C22H22N2O5/c1-10-15-8-23-6-5-13(15)11(2)19-18(10)14-7-12(3-4-16(14)24-19)28-22-21(27)20(26)17(9-25)29-22/h3-8,17,20-22,24-27H,9H2,1-2H3/t17-,20+,21-,22-/m1/s1. The van der Waals surface area contributed by atoms with Crippen molar-refractivity contribution in [3.8, 4) is 5.75 Å². The van der Waals surface area contributed by atoms with Gasteiger partial charge in [0.1, 0.15) is 24.1 Å². The summed E-state index contributed by atoms with van der Waals surface area (Å²) in [5, 5.41) is 33.7. The third-order valence-electron chi connectivity index (χ3n) is 5.90. The summed E-state index contributed by atoms with van der Waals surface area (Å²) in [6.07, 6.45) is -0.644. The average Bonchev–Trinajstić information content (AvgIpc) is 3.25. The number of nitrogens with zero attached hydrogens (tertiary/aromatic N) is 1. The summed E-state index contributed by atoms with van der Waals surface area (Å²) in [6.45, 7) is 3.79. The van der Waals surface area contributed by atoms with Crippen molar-refractivity contribution in [3.05, 3.63) is 47.8 Å². The maximum atomic E-state index is 10.1. The van der Waals surface area contributed by atoms with Crippen molar-refractivity contribution in [2.24, 2.45) is 0 Å². The van der Waals surface area contributed by atoms with Crippen LogP contribution in [0.4, 0.5) is 0 Å². The number of fused-ring (bicyclic) bond motifs is 4. The molecule has 3 heterocycles. The van der Waals surface area contributed by atoms with E-state index < -0.39 is 24.6 Å². The molecule has 0 spiro atoms. The fourth-order valence-electron chi connectivity index (χ4n) is 4.30. The second-order valence-electron chi connectivity index (χ2n) is 7.58. The highest BCUT2D eigenvalue weighted by Crippen LogP contribution is 2.37. The number of hydrogen-bond acceptors (Lipinski definition) is 6. The van der Waals surface area contributed by atoms with Crippen molar-refractivity contribution in [1.82, 2.24) is 9.97 Å². The summed E-state index contributed by atoms with van der Waals surface area (Å²) in [5.74, 6) is 0.511. The fraction of sp³-hybridized carbons (Fsp3) is 0.318. The lowest BCUT2D eigenvalue weighted by atomic mass is 9.97. The van der Waals surface area contributed by atoms with Crippen LogP contribution in [0.2, 0.25) is 0 Å². The van der Waals surface area contributed by atoms with Gasteiger partial charge in [0, 0.05) is 34.1 Å². The van der Waals surface area contributed by atoms with Gasteiger partial charge >= 0.3 is 0 Å². The van der Waals surface area contributed by atoms with Gasteiger partial charge in [-0.3, -0.25) is 4.98 Å². The normalized spacial score (nSPS) is 24.7. The number of aryl methyl sites for hydroxylation is 2. The first kappa shape index (κ1) is 18.3. The zero-order valence-electron chi connectivity index (χ0n) is 16.1. The Hall–Kier alpha value is -2.71. The van der Waals surface area contributed by atoms with Crippen LogP contribution in [0, 0.1) is 13.8 Å². The van der Waals surface area contributed by atoms with Gasteiger partial charge in [-0.25, -0.2) is 0 Å². The molecule has 0 aliphatic carbocycles. The summed E-state index contributed by atoms with van der Waals surface area (Å²) in [6, 6.07) is 7.64. The van der Waals surface area contributed by atoms with Crippen molar-refractivity contribution >= 4 is 32.6 Å². The number of H-pyrrole nitrogens is 1. The Labute approximate surface area is 166 Å². The van der Waals surface area contributed by atoms with E-state index in [0.717, 1.165) is 38.3 Å². The number of aromatic nitrogens is 2. The van der Waals surface area contributed by atoms with Gasteiger partial charge in [0.05, 0.1) is 12.1 Å². The largest absolute Gasteiger partial charge is 0.462 e. The quantitative estimate of drug-likeness (QED) is 0.425. The Balaban J connectivity index is 1.62. The summed E-state index contributed by atoms with van der Waals surface area (Å²) in [5.41, 5.74) is 4.33. The molecule has 0 amide bonds. The molecule has 7 nitrogen and oxygen atoms in total. The molecular weight excluding hydrogens is 372 g/mol.